The summed E-state index contributed by atoms with van der Waals surface area (Å²) in [5, 5.41) is 0. The maximum absolute atomic E-state index is 13.0. The van der Waals surface area contributed by atoms with Crippen LogP contribution in [0.1, 0.15) is 17.3 Å². The van der Waals surface area contributed by atoms with Gasteiger partial charge in [-0.25, -0.2) is 9.78 Å². The second kappa shape index (κ2) is 5.41. The van der Waals surface area contributed by atoms with Crippen LogP contribution in [0.15, 0.2) is 18.3 Å². The van der Waals surface area contributed by atoms with Crippen molar-refractivity contribution in [2.75, 3.05) is 13.7 Å². The summed E-state index contributed by atoms with van der Waals surface area (Å²) in [7, 11) is 1.50. The van der Waals surface area contributed by atoms with Gasteiger partial charge in [-0.1, -0.05) is 0 Å². The van der Waals surface area contributed by atoms with Crippen LogP contribution in [-0.2, 0) is 9.47 Å². The SMILES string of the molecule is COCC(C)OC(=O)c1cccnc1F. The number of carbonyl (C=O) groups excluding carboxylic acids is 1. The van der Waals surface area contributed by atoms with E-state index in [4.69, 9.17) is 9.47 Å². The summed E-state index contributed by atoms with van der Waals surface area (Å²) in [5.74, 6) is -1.56. The van der Waals surface area contributed by atoms with E-state index >= 15 is 0 Å². The van der Waals surface area contributed by atoms with Crippen molar-refractivity contribution in [3.63, 3.8) is 0 Å². The molecule has 82 valence electrons. The van der Waals surface area contributed by atoms with Gasteiger partial charge in [-0.2, -0.15) is 4.39 Å². The molecule has 1 aromatic heterocycles. The Balaban J connectivity index is 2.65. The van der Waals surface area contributed by atoms with Gasteiger partial charge in [0, 0.05) is 13.3 Å². The van der Waals surface area contributed by atoms with Crippen molar-refractivity contribution >= 4 is 5.97 Å². The van der Waals surface area contributed by atoms with Gasteiger partial charge in [-0.05, 0) is 19.1 Å². The molecule has 0 aromatic carbocycles. The first-order chi connectivity index (χ1) is 7.15. The van der Waals surface area contributed by atoms with Crippen molar-refractivity contribution in [2.24, 2.45) is 0 Å². The smallest absolute Gasteiger partial charge is 0.343 e. The Morgan fingerprint density at radius 1 is 1.67 bits per heavy atom. The van der Waals surface area contributed by atoms with Crippen LogP contribution in [0, 0.1) is 5.95 Å². The first-order valence-electron chi connectivity index (χ1n) is 4.45. The molecule has 0 spiro atoms. The highest BCUT2D eigenvalue weighted by molar-refractivity contribution is 5.89. The molecule has 0 saturated carbocycles. The minimum absolute atomic E-state index is 0.166. The van der Waals surface area contributed by atoms with Crippen molar-refractivity contribution in [3.05, 3.63) is 29.8 Å². The van der Waals surface area contributed by atoms with E-state index in [0.717, 1.165) is 0 Å². The lowest BCUT2D eigenvalue weighted by Gasteiger charge is -2.11. The zero-order valence-corrected chi connectivity index (χ0v) is 8.57. The number of carbonyl (C=O) groups is 1. The number of rotatable bonds is 4. The molecule has 0 radical (unpaired) electrons. The van der Waals surface area contributed by atoms with Crippen molar-refractivity contribution in [3.8, 4) is 0 Å². The first kappa shape index (κ1) is 11.6. The Morgan fingerprint density at radius 3 is 3.00 bits per heavy atom. The average molecular weight is 213 g/mol. The van der Waals surface area contributed by atoms with E-state index in [9.17, 15) is 9.18 Å². The number of aromatic nitrogens is 1. The number of hydrogen-bond donors (Lipinski definition) is 0. The van der Waals surface area contributed by atoms with Gasteiger partial charge in [0.05, 0.1) is 6.61 Å². The molecule has 0 fully saturated rings. The molecule has 1 aromatic rings. The molecule has 1 atom stereocenters. The number of ether oxygens (including phenoxy) is 2. The summed E-state index contributed by atoms with van der Waals surface area (Å²) in [6.07, 6.45) is 0.854. The molecule has 1 rings (SSSR count). The van der Waals surface area contributed by atoms with Gasteiger partial charge in [0.25, 0.3) is 0 Å². The molecule has 0 saturated heterocycles. The molecule has 0 aliphatic rings. The molecule has 0 aliphatic carbocycles. The minimum atomic E-state index is -0.827. The van der Waals surface area contributed by atoms with E-state index in [1.807, 2.05) is 0 Å². The van der Waals surface area contributed by atoms with Crippen LogP contribution >= 0.6 is 0 Å². The molecule has 5 heteroatoms. The maximum Gasteiger partial charge on any atom is 0.343 e. The van der Waals surface area contributed by atoms with Crippen LogP contribution in [-0.4, -0.2) is 30.8 Å². The van der Waals surface area contributed by atoms with Crippen LogP contribution in [0.25, 0.3) is 0 Å². The molecule has 0 amide bonds. The summed E-state index contributed by atoms with van der Waals surface area (Å²) < 4.78 is 22.7. The summed E-state index contributed by atoms with van der Waals surface area (Å²) >= 11 is 0. The van der Waals surface area contributed by atoms with E-state index in [1.165, 1.54) is 25.4 Å². The van der Waals surface area contributed by atoms with E-state index in [2.05, 4.69) is 4.98 Å². The standard InChI is InChI=1S/C10H12FNO3/c1-7(6-14-2)15-10(13)8-4-3-5-12-9(8)11/h3-5,7H,6H2,1-2H3. The zero-order valence-electron chi connectivity index (χ0n) is 8.57. The van der Waals surface area contributed by atoms with Crippen LogP contribution < -0.4 is 0 Å². The van der Waals surface area contributed by atoms with Gasteiger partial charge < -0.3 is 9.47 Å². The fourth-order valence-electron chi connectivity index (χ4n) is 1.05. The second-order valence-corrected chi connectivity index (χ2v) is 3.01. The topological polar surface area (TPSA) is 48.4 Å². The highest BCUT2D eigenvalue weighted by Crippen LogP contribution is 2.06. The molecule has 4 nitrogen and oxygen atoms in total. The maximum atomic E-state index is 13.0. The number of methoxy groups -OCH3 is 1. The van der Waals surface area contributed by atoms with E-state index < -0.39 is 18.0 Å². The number of esters is 1. The van der Waals surface area contributed by atoms with Crippen molar-refractivity contribution in [1.82, 2.24) is 4.98 Å². The number of halogens is 1. The predicted octanol–water partition coefficient (Wildman–Crippen LogP) is 1.41. The second-order valence-electron chi connectivity index (χ2n) is 3.01. The largest absolute Gasteiger partial charge is 0.457 e. The minimum Gasteiger partial charge on any atom is -0.457 e. The van der Waals surface area contributed by atoms with E-state index in [-0.39, 0.29) is 12.2 Å². The Labute approximate surface area is 87.0 Å². The van der Waals surface area contributed by atoms with E-state index in [1.54, 1.807) is 6.92 Å². The quantitative estimate of drug-likeness (QED) is 0.560. The summed E-state index contributed by atoms with van der Waals surface area (Å²) in [6.45, 7) is 1.93. The van der Waals surface area contributed by atoms with Crippen LogP contribution in [0.3, 0.4) is 0 Å². The predicted molar refractivity (Wildman–Crippen MR) is 50.9 cm³/mol. The first-order valence-corrected chi connectivity index (χ1v) is 4.45. The normalized spacial score (nSPS) is 12.2. The molecule has 0 aliphatic heterocycles. The third-order valence-corrected chi connectivity index (χ3v) is 1.69. The fraction of sp³-hybridized carbons (Fsp3) is 0.400. The molecular weight excluding hydrogens is 201 g/mol. The van der Waals surface area contributed by atoms with Gasteiger partial charge in [-0.3, -0.25) is 0 Å². The van der Waals surface area contributed by atoms with E-state index in [0.29, 0.717) is 0 Å². The molecular formula is C10H12FNO3. The molecule has 15 heavy (non-hydrogen) atoms. The number of hydrogen-bond acceptors (Lipinski definition) is 4. The van der Waals surface area contributed by atoms with Gasteiger partial charge in [0.1, 0.15) is 11.7 Å². The lowest BCUT2D eigenvalue weighted by Crippen LogP contribution is -2.20. The average Bonchev–Trinajstić information content (AvgIpc) is 2.18. The monoisotopic (exact) mass is 213 g/mol. The van der Waals surface area contributed by atoms with Gasteiger partial charge in [-0.15, -0.1) is 0 Å². The molecule has 0 bridgehead atoms. The summed E-state index contributed by atoms with van der Waals surface area (Å²) in [4.78, 5) is 14.7. The fourth-order valence-corrected chi connectivity index (χ4v) is 1.05. The van der Waals surface area contributed by atoms with Crippen molar-refractivity contribution < 1.29 is 18.7 Å². The molecule has 0 N–H and O–H groups in total. The lowest BCUT2D eigenvalue weighted by atomic mass is 10.3. The summed E-state index contributed by atoms with van der Waals surface area (Å²) in [6, 6.07) is 2.80. The Hall–Kier alpha value is -1.49. The Morgan fingerprint density at radius 2 is 2.40 bits per heavy atom. The van der Waals surface area contributed by atoms with Crippen LogP contribution in [0.4, 0.5) is 4.39 Å². The number of nitrogens with zero attached hydrogens (tertiary/aromatic N) is 1. The van der Waals surface area contributed by atoms with Crippen molar-refractivity contribution in [2.45, 2.75) is 13.0 Å². The Kier molecular flexibility index (Phi) is 4.17. The van der Waals surface area contributed by atoms with Crippen molar-refractivity contribution in [1.29, 1.82) is 0 Å². The van der Waals surface area contributed by atoms with Crippen LogP contribution in [0.5, 0.6) is 0 Å². The molecule has 1 unspecified atom stereocenters. The third-order valence-electron chi connectivity index (χ3n) is 1.69. The third kappa shape index (κ3) is 3.28. The zero-order chi connectivity index (χ0) is 11.3. The highest BCUT2D eigenvalue weighted by Gasteiger charge is 2.16. The van der Waals surface area contributed by atoms with Crippen LogP contribution in [0.2, 0.25) is 0 Å². The van der Waals surface area contributed by atoms with Gasteiger partial charge >= 0.3 is 5.97 Å². The number of pyridine rings is 1. The highest BCUT2D eigenvalue weighted by atomic mass is 19.1. The Bertz CT molecular complexity index is 343. The molecule has 1 heterocycles. The summed E-state index contributed by atoms with van der Waals surface area (Å²) in [5.41, 5.74) is -0.166. The van der Waals surface area contributed by atoms with Gasteiger partial charge in [0.2, 0.25) is 5.95 Å². The van der Waals surface area contributed by atoms with Gasteiger partial charge in [0.15, 0.2) is 0 Å². The lowest BCUT2D eigenvalue weighted by molar-refractivity contribution is 0.0115.